The highest BCUT2D eigenvalue weighted by Gasteiger charge is 2.04. The van der Waals surface area contributed by atoms with Crippen molar-refractivity contribution in [2.45, 2.75) is 20.4 Å². The van der Waals surface area contributed by atoms with Crippen LogP contribution in [0.2, 0.25) is 0 Å². The van der Waals surface area contributed by atoms with Gasteiger partial charge in [-0.15, -0.1) is 0 Å². The number of hydrogen-bond acceptors (Lipinski definition) is 3. The third kappa shape index (κ3) is 2.21. The number of aryl methyl sites for hydroxylation is 1. The summed E-state index contributed by atoms with van der Waals surface area (Å²) in [6.07, 6.45) is 5.59. The van der Waals surface area contributed by atoms with Crippen molar-refractivity contribution in [3.63, 3.8) is 0 Å². The molecule has 4 nitrogen and oxygen atoms in total. The predicted octanol–water partition coefficient (Wildman–Crippen LogP) is 2.07. The number of hydrogen-bond donors (Lipinski definition) is 1. The molecule has 16 heavy (non-hydrogen) atoms. The average molecular weight is 216 g/mol. The van der Waals surface area contributed by atoms with Crippen molar-refractivity contribution in [2.24, 2.45) is 0 Å². The van der Waals surface area contributed by atoms with Gasteiger partial charge in [0.05, 0.1) is 12.2 Å². The Morgan fingerprint density at radius 2 is 2.19 bits per heavy atom. The van der Waals surface area contributed by atoms with Gasteiger partial charge in [0.1, 0.15) is 0 Å². The van der Waals surface area contributed by atoms with Crippen molar-refractivity contribution in [1.29, 1.82) is 0 Å². The van der Waals surface area contributed by atoms with Crippen LogP contribution in [0.15, 0.2) is 30.7 Å². The van der Waals surface area contributed by atoms with Gasteiger partial charge in [-0.05, 0) is 25.5 Å². The first-order valence-electron chi connectivity index (χ1n) is 5.46. The first-order valence-corrected chi connectivity index (χ1v) is 5.46. The Morgan fingerprint density at radius 3 is 2.94 bits per heavy atom. The van der Waals surface area contributed by atoms with Crippen LogP contribution in [-0.2, 0) is 6.54 Å². The van der Waals surface area contributed by atoms with Gasteiger partial charge < -0.3 is 9.88 Å². The molecule has 0 amide bonds. The highest BCUT2D eigenvalue weighted by atomic mass is 15.2. The third-order valence-corrected chi connectivity index (χ3v) is 2.49. The van der Waals surface area contributed by atoms with Gasteiger partial charge in [0.25, 0.3) is 0 Å². The molecule has 84 valence electrons. The van der Waals surface area contributed by atoms with E-state index in [1.54, 1.807) is 6.20 Å². The highest BCUT2D eigenvalue weighted by molar-refractivity contribution is 5.28. The molecule has 0 aromatic carbocycles. The molecule has 2 rings (SSSR count). The fourth-order valence-corrected chi connectivity index (χ4v) is 1.61. The molecule has 4 heteroatoms. The molecule has 0 radical (unpaired) electrons. The van der Waals surface area contributed by atoms with E-state index >= 15 is 0 Å². The van der Waals surface area contributed by atoms with Gasteiger partial charge in [-0.25, -0.2) is 4.98 Å². The largest absolute Gasteiger partial charge is 0.356 e. The summed E-state index contributed by atoms with van der Waals surface area (Å²) < 4.78 is 2.07. The number of aromatic nitrogens is 3. The topological polar surface area (TPSA) is 42.7 Å². The molecule has 0 saturated carbocycles. The van der Waals surface area contributed by atoms with Gasteiger partial charge in [-0.2, -0.15) is 0 Å². The Bertz CT molecular complexity index is 462. The van der Waals surface area contributed by atoms with Crippen LogP contribution in [0.4, 0.5) is 5.95 Å². The van der Waals surface area contributed by atoms with Crippen LogP contribution in [0.1, 0.15) is 18.2 Å². The van der Waals surface area contributed by atoms with Crippen molar-refractivity contribution in [3.8, 4) is 0 Å². The molecule has 2 aromatic heterocycles. The fourth-order valence-electron chi connectivity index (χ4n) is 1.61. The summed E-state index contributed by atoms with van der Waals surface area (Å²) in [5.41, 5.74) is 2.29. The van der Waals surface area contributed by atoms with E-state index in [0.717, 1.165) is 24.7 Å². The molecule has 0 spiro atoms. The van der Waals surface area contributed by atoms with E-state index in [-0.39, 0.29) is 0 Å². The number of imidazole rings is 1. The highest BCUT2D eigenvalue weighted by Crippen LogP contribution is 2.10. The molecule has 0 saturated heterocycles. The molecule has 2 heterocycles. The molecular weight excluding hydrogens is 200 g/mol. The Labute approximate surface area is 95.4 Å². The molecular formula is C12H16N4. The minimum atomic E-state index is 0.759. The Kier molecular flexibility index (Phi) is 3.19. The van der Waals surface area contributed by atoms with E-state index in [1.807, 2.05) is 18.5 Å². The van der Waals surface area contributed by atoms with Crippen LogP contribution in [0.25, 0.3) is 0 Å². The molecule has 0 bridgehead atoms. The minimum Gasteiger partial charge on any atom is -0.356 e. The molecule has 1 N–H and O–H groups in total. The quantitative estimate of drug-likeness (QED) is 0.850. The average Bonchev–Trinajstić information content (AvgIpc) is 2.70. The van der Waals surface area contributed by atoms with Gasteiger partial charge in [0.2, 0.25) is 5.95 Å². The molecule has 2 aromatic rings. The molecule has 0 aliphatic rings. The predicted molar refractivity (Wildman–Crippen MR) is 64.5 cm³/mol. The van der Waals surface area contributed by atoms with Crippen LogP contribution in [0.3, 0.4) is 0 Å². The van der Waals surface area contributed by atoms with Gasteiger partial charge in [-0.3, -0.25) is 4.98 Å². The summed E-state index contributed by atoms with van der Waals surface area (Å²) >= 11 is 0. The Balaban J connectivity index is 2.20. The van der Waals surface area contributed by atoms with Crippen LogP contribution in [0, 0.1) is 6.92 Å². The third-order valence-electron chi connectivity index (χ3n) is 2.49. The summed E-state index contributed by atoms with van der Waals surface area (Å²) in [5, 5.41) is 3.22. The summed E-state index contributed by atoms with van der Waals surface area (Å²) in [7, 11) is 0. The van der Waals surface area contributed by atoms with E-state index in [4.69, 9.17) is 0 Å². The fraction of sp³-hybridized carbons (Fsp3) is 0.333. The maximum absolute atomic E-state index is 4.38. The second-order valence-electron chi connectivity index (χ2n) is 3.68. The van der Waals surface area contributed by atoms with E-state index in [2.05, 4.69) is 39.8 Å². The number of anilines is 1. The zero-order chi connectivity index (χ0) is 11.4. The van der Waals surface area contributed by atoms with E-state index < -0.39 is 0 Å². The van der Waals surface area contributed by atoms with Crippen molar-refractivity contribution >= 4 is 5.95 Å². The van der Waals surface area contributed by atoms with Gasteiger partial charge in [-0.1, -0.05) is 6.07 Å². The standard InChI is InChI=1S/C12H16N4/c1-3-13-12-15-7-8-16(12)9-11-10(2)5-4-6-14-11/h4-8H,3,9H2,1-2H3,(H,13,15). The summed E-state index contributed by atoms with van der Waals surface area (Å²) in [4.78, 5) is 8.63. The molecule has 0 atom stereocenters. The number of rotatable bonds is 4. The number of nitrogens with one attached hydrogen (secondary N) is 1. The van der Waals surface area contributed by atoms with Crippen LogP contribution in [0.5, 0.6) is 0 Å². The number of pyridine rings is 1. The van der Waals surface area contributed by atoms with Crippen LogP contribution >= 0.6 is 0 Å². The lowest BCUT2D eigenvalue weighted by Crippen LogP contribution is -2.09. The molecule has 0 unspecified atom stereocenters. The van der Waals surface area contributed by atoms with Crippen LogP contribution in [-0.4, -0.2) is 21.1 Å². The smallest absolute Gasteiger partial charge is 0.203 e. The Morgan fingerprint density at radius 1 is 1.31 bits per heavy atom. The van der Waals surface area contributed by atoms with Gasteiger partial charge in [0.15, 0.2) is 0 Å². The lowest BCUT2D eigenvalue weighted by Gasteiger charge is -2.09. The van der Waals surface area contributed by atoms with E-state index in [0.29, 0.717) is 0 Å². The lowest BCUT2D eigenvalue weighted by atomic mass is 10.2. The van der Waals surface area contributed by atoms with E-state index in [1.165, 1.54) is 5.56 Å². The van der Waals surface area contributed by atoms with Crippen molar-refractivity contribution in [3.05, 3.63) is 42.0 Å². The van der Waals surface area contributed by atoms with Crippen molar-refractivity contribution in [2.75, 3.05) is 11.9 Å². The second kappa shape index (κ2) is 4.79. The first kappa shape index (κ1) is 10.7. The summed E-state index contributed by atoms with van der Waals surface area (Å²) in [6, 6.07) is 4.03. The Hall–Kier alpha value is -1.84. The maximum atomic E-state index is 4.38. The first-order chi connectivity index (χ1) is 7.81. The second-order valence-corrected chi connectivity index (χ2v) is 3.68. The normalized spacial score (nSPS) is 10.4. The lowest BCUT2D eigenvalue weighted by molar-refractivity contribution is 0.770. The zero-order valence-electron chi connectivity index (χ0n) is 9.64. The zero-order valence-corrected chi connectivity index (χ0v) is 9.64. The monoisotopic (exact) mass is 216 g/mol. The SMILES string of the molecule is CCNc1nccn1Cc1ncccc1C. The molecule has 0 fully saturated rings. The maximum Gasteiger partial charge on any atom is 0.203 e. The summed E-state index contributed by atoms with van der Waals surface area (Å²) in [6.45, 7) is 5.77. The molecule has 0 aliphatic carbocycles. The minimum absolute atomic E-state index is 0.759. The van der Waals surface area contributed by atoms with Crippen LogP contribution < -0.4 is 5.32 Å². The molecule has 0 aliphatic heterocycles. The van der Waals surface area contributed by atoms with Crippen molar-refractivity contribution in [1.82, 2.24) is 14.5 Å². The van der Waals surface area contributed by atoms with Gasteiger partial charge in [0, 0.05) is 25.1 Å². The summed E-state index contributed by atoms with van der Waals surface area (Å²) in [5.74, 6) is 0.896. The van der Waals surface area contributed by atoms with Crippen molar-refractivity contribution < 1.29 is 0 Å². The van der Waals surface area contributed by atoms with E-state index in [9.17, 15) is 0 Å². The number of nitrogens with zero attached hydrogens (tertiary/aromatic N) is 3. The van der Waals surface area contributed by atoms with Gasteiger partial charge >= 0.3 is 0 Å².